The number of sulfonamides is 1. The van der Waals surface area contributed by atoms with Gasteiger partial charge in [-0.3, -0.25) is 4.79 Å². The number of likely N-dealkylation sites (N-methyl/N-ethyl adjacent to an activating group) is 1. The van der Waals surface area contributed by atoms with E-state index in [0.29, 0.717) is 29.3 Å². The molecule has 0 aromatic carbocycles. The average Bonchev–Trinajstić information content (AvgIpc) is 3.12. The lowest BCUT2D eigenvalue weighted by atomic mass is 10.1. The highest BCUT2D eigenvalue weighted by atomic mass is 32.2. The first-order valence-electron chi connectivity index (χ1n) is 8.92. The van der Waals surface area contributed by atoms with Crippen LogP contribution in [0.3, 0.4) is 0 Å². The lowest BCUT2D eigenvalue weighted by Gasteiger charge is -2.32. The number of pyridine rings is 1. The molecule has 0 spiro atoms. The quantitative estimate of drug-likeness (QED) is 0.843. The van der Waals surface area contributed by atoms with Crippen molar-refractivity contribution in [2.45, 2.75) is 31.4 Å². The fourth-order valence-corrected chi connectivity index (χ4v) is 6.16. The molecule has 2 aromatic rings. The van der Waals surface area contributed by atoms with Crippen LogP contribution in [0.1, 0.15) is 25.1 Å². The highest BCUT2D eigenvalue weighted by Gasteiger charge is 2.29. The molecule has 0 radical (unpaired) electrons. The molecular formula is C18H25N3O3S2. The second-order valence-electron chi connectivity index (χ2n) is 6.47. The van der Waals surface area contributed by atoms with Gasteiger partial charge in [-0.15, -0.1) is 11.3 Å². The number of aromatic amines is 1. The van der Waals surface area contributed by atoms with Gasteiger partial charge in [-0.1, -0.05) is 13.8 Å². The van der Waals surface area contributed by atoms with Crippen LogP contribution < -0.4 is 5.56 Å². The molecule has 0 bridgehead atoms. The molecule has 0 atom stereocenters. The van der Waals surface area contributed by atoms with Crippen molar-refractivity contribution in [1.82, 2.24) is 14.2 Å². The molecule has 6 nitrogen and oxygen atoms in total. The van der Waals surface area contributed by atoms with Crippen LogP contribution in [0.4, 0.5) is 0 Å². The van der Waals surface area contributed by atoms with Gasteiger partial charge in [-0.2, -0.15) is 4.31 Å². The lowest BCUT2D eigenvalue weighted by Crippen LogP contribution is -2.48. The van der Waals surface area contributed by atoms with Gasteiger partial charge in [0.25, 0.3) is 15.6 Å². The number of rotatable bonds is 5. The number of piperazine rings is 1. The highest BCUT2D eigenvalue weighted by molar-refractivity contribution is 7.91. The molecule has 1 saturated heterocycles. The molecule has 1 fully saturated rings. The Kier molecular flexibility index (Phi) is 5.67. The summed E-state index contributed by atoms with van der Waals surface area (Å²) >= 11 is 1.27. The van der Waals surface area contributed by atoms with Crippen molar-refractivity contribution in [2.75, 3.05) is 32.7 Å². The fourth-order valence-electron chi connectivity index (χ4n) is 3.20. The number of hydrogen-bond acceptors (Lipinski definition) is 5. The van der Waals surface area contributed by atoms with E-state index in [1.807, 2.05) is 26.0 Å². The van der Waals surface area contributed by atoms with E-state index in [0.717, 1.165) is 35.8 Å². The number of hydrogen-bond donors (Lipinski definition) is 1. The Labute approximate surface area is 158 Å². The van der Waals surface area contributed by atoms with Crippen molar-refractivity contribution < 1.29 is 8.42 Å². The van der Waals surface area contributed by atoms with E-state index in [-0.39, 0.29) is 5.56 Å². The molecule has 0 aliphatic carbocycles. The normalized spacial score (nSPS) is 16.9. The van der Waals surface area contributed by atoms with Crippen molar-refractivity contribution in [3.05, 3.63) is 39.8 Å². The molecular weight excluding hydrogens is 370 g/mol. The van der Waals surface area contributed by atoms with Gasteiger partial charge in [0.2, 0.25) is 0 Å². The Bertz CT molecular complexity index is 939. The summed E-state index contributed by atoms with van der Waals surface area (Å²) in [4.78, 5) is 17.9. The van der Waals surface area contributed by atoms with Crippen molar-refractivity contribution in [1.29, 1.82) is 0 Å². The highest BCUT2D eigenvalue weighted by Crippen LogP contribution is 2.33. The minimum Gasteiger partial charge on any atom is -0.326 e. The molecule has 0 amide bonds. The Morgan fingerprint density at radius 1 is 1.15 bits per heavy atom. The van der Waals surface area contributed by atoms with Crippen LogP contribution in [0, 0.1) is 6.92 Å². The Hall–Kier alpha value is -1.48. The van der Waals surface area contributed by atoms with E-state index < -0.39 is 10.0 Å². The predicted molar refractivity (Wildman–Crippen MR) is 105 cm³/mol. The first-order chi connectivity index (χ1) is 12.4. The summed E-state index contributed by atoms with van der Waals surface area (Å²) in [5.41, 5.74) is 2.28. The topological polar surface area (TPSA) is 73.5 Å². The maximum absolute atomic E-state index is 12.9. The van der Waals surface area contributed by atoms with Gasteiger partial charge in [0.05, 0.1) is 0 Å². The molecule has 3 heterocycles. The summed E-state index contributed by atoms with van der Waals surface area (Å²) in [5, 5.41) is 0. The molecule has 2 aromatic heterocycles. The van der Waals surface area contributed by atoms with Gasteiger partial charge < -0.3 is 9.88 Å². The smallest absolute Gasteiger partial charge is 0.252 e. The summed E-state index contributed by atoms with van der Waals surface area (Å²) in [7, 11) is -3.46. The van der Waals surface area contributed by atoms with Crippen LogP contribution in [0.15, 0.2) is 27.2 Å². The van der Waals surface area contributed by atoms with E-state index in [1.54, 1.807) is 10.4 Å². The molecule has 1 aliphatic heterocycles. The molecule has 0 unspecified atom stereocenters. The Balaban J connectivity index is 1.89. The number of aryl methyl sites for hydroxylation is 2. The first kappa shape index (κ1) is 19.3. The van der Waals surface area contributed by atoms with Gasteiger partial charge in [-0.25, -0.2) is 8.42 Å². The van der Waals surface area contributed by atoms with E-state index in [4.69, 9.17) is 0 Å². The average molecular weight is 396 g/mol. The van der Waals surface area contributed by atoms with Gasteiger partial charge in [0.15, 0.2) is 0 Å². The third-order valence-corrected chi connectivity index (χ3v) is 8.40. The van der Waals surface area contributed by atoms with Crippen molar-refractivity contribution in [3.63, 3.8) is 0 Å². The molecule has 3 rings (SSSR count). The molecule has 1 aliphatic rings. The molecule has 142 valence electrons. The number of H-pyrrole nitrogens is 1. The zero-order chi connectivity index (χ0) is 18.9. The zero-order valence-corrected chi connectivity index (χ0v) is 17.0. The molecule has 8 heteroatoms. The molecule has 26 heavy (non-hydrogen) atoms. The second-order valence-corrected chi connectivity index (χ2v) is 9.72. The van der Waals surface area contributed by atoms with Gasteiger partial charge >= 0.3 is 0 Å². The summed E-state index contributed by atoms with van der Waals surface area (Å²) < 4.78 is 27.8. The van der Waals surface area contributed by atoms with Crippen LogP contribution in [0.25, 0.3) is 10.4 Å². The van der Waals surface area contributed by atoms with E-state index in [9.17, 15) is 13.2 Å². The number of aromatic nitrogens is 1. The van der Waals surface area contributed by atoms with Crippen molar-refractivity contribution >= 4 is 21.4 Å². The van der Waals surface area contributed by atoms with Crippen LogP contribution >= 0.6 is 11.3 Å². The van der Waals surface area contributed by atoms with E-state index in [1.165, 1.54) is 11.3 Å². The van der Waals surface area contributed by atoms with Gasteiger partial charge in [0.1, 0.15) is 4.21 Å². The van der Waals surface area contributed by atoms with Crippen LogP contribution in [0.2, 0.25) is 0 Å². The third-order valence-electron chi connectivity index (χ3n) is 4.92. The predicted octanol–water partition coefficient (Wildman–Crippen LogP) is 2.30. The minimum atomic E-state index is -3.46. The van der Waals surface area contributed by atoms with Crippen molar-refractivity contribution in [2.24, 2.45) is 0 Å². The Morgan fingerprint density at radius 2 is 1.85 bits per heavy atom. The standard InChI is InChI=1S/C18H25N3O3S2/c1-4-14-12-15(13(3)19-18(14)22)16-6-7-17(25-16)26(23,24)21-10-8-20(5-2)9-11-21/h6-7,12H,4-5,8-11H2,1-3H3,(H,19,22). The Morgan fingerprint density at radius 3 is 2.46 bits per heavy atom. The maximum atomic E-state index is 12.9. The monoisotopic (exact) mass is 395 g/mol. The van der Waals surface area contributed by atoms with Gasteiger partial charge in [0, 0.05) is 47.9 Å². The fraction of sp³-hybridized carbons (Fsp3) is 0.500. The number of thiophene rings is 1. The van der Waals surface area contributed by atoms with E-state index in [2.05, 4.69) is 16.8 Å². The van der Waals surface area contributed by atoms with Crippen LogP contribution in [-0.4, -0.2) is 55.3 Å². The summed E-state index contributed by atoms with van der Waals surface area (Å²) in [5.74, 6) is 0. The third kappa shape index (κ3) is 3.64. The maximum Gasteiger partial charge on any atom is 0.252 e. The number of nitrogens with one attached hydrogen (secondary N) is 1. The lowest BCUT2D eigenvalue weighted by molar-refractivity contribution is 0.196. The van der Waals surface area contributed by atoms with Gasteiger partial charge in [-0.05, 0) is 38.1 Å². The van der Waals surface area contributed by atoms with Crippen molar-refractivity contribution in [3.8, 4) is 10.4 Å². The summed E-state index contributed by atoms with van der Waals surface area (Å²) in [6.07, 6.45) is 0.640. The summed E-state index contributed by atoms with van der Waals surface area (Å²) in [6.45, 7) is 9.41. The zero-order valence-electron chi connectivity index (χ0n) is 15.4. The molecule has 0 saturated carbocycles. The minimum absolute atomic E-state index is 0.0769. The first-order valence-corrected chi connectivity index (χ1v) is 11.2. The van der Waals surface area contributed by atoms with Crippen LogP contribution in [0.5, 0.6) is 0 Å². The molecule has 1 N–H and O–H groups in total. The van der Waals surface area contributed by atoms with E-state index >= 15 is 0 Å². The number of nitrogens with zero attached hydrogens (tertiary/aromatic N) is 2. The second kappa shape index (κ2) is 7.64. The largest absolute Gasteiger partial charge is 0.326 e. The summed E-state index contributed by atoms with van der Waals surface area (Å²) in [6, 6.07) is 5.38. The van der Waals surface area contributed by atoms with Crippen LogP contribution in [-0.2, 0) is 16.4 Å². The SMILES string of the molecule is CCc1cc(-c2ccc(S(=O)(=O)N3CCN(CC)CC3)s2)c(C)[nH]c1=O.